The van der Waals surface area contributed by atoms with Gasteiger partial charge in [0.05, 0.1) is 0 Å². The van der Waals surface area contributed by atoms with Gasteiger partial charge in [0.1, 0.15) is 0 Å². The molecule has 0 amide bonds. The minimum atomic E-state index is 0.601. The largest absolute Gasteiger partial charge is 0.372 e. The van der Waals surface area contributed by atoms with Crippen molar-refractivity contribution in [3.05, 3.63) is 40.4 Å². The van der Waals surface area contributed by atoms with Crippen molar-refractivity contribution in [2.24, 2.45) is 0 Å². The van der Waals surface area contributed by atoms with E-state index in [1.54, 1.807) is 6.07 Å². The first-order chi connectivity index (χ1) is 8.58. The van der Waals surface area contributed by atoms with Gasteiger partial charge in [0.15, 0.2) is 0 Å². The maximum absolute atomic E-state index is 6.04. The van der Waals surface area contributed by atoms with E-state index in [2.05, 4.69) is 18.5 Å². The van der Waals surface area contributed by atoms with Crippen molar-refractivity contribution < 1.29 is 0 Å². The van der Waals surface area contributed by atoms with E-state index in [9.17, 15) is 0 Å². The van der Waals surface area contributed by atoms with E-state index in [-0.39, 0.29) is 0 Å². The van der Waals surface area contributed by atoms with Crippen LogP contribution < -0.4 is 0 Å². The first-order valence-electron chi connectivity index (χ1n) is 6.46. The standard InChI is InChI=1S/C15H19Cl2N/c1-11(12-8-13(16)10-14(17)9-12)18(2)15-6-4-3-5-7-15/h8-10,15H,1,3-7H2,2H3. The van der Waals surface area contributed by atoms with Crippen molar-refractivity contribution in [1.82, 2.24) is 4.90 Å². The molecule has 0 spiro atoms. The molecule has 2 rings (SSSR count). The molecule has 0 aliphatic heterocycles. The summed E-state index contributed by atoms with van der Waals surface area (Å²) in [5, 5.41) is 1.33. The van der Waals surface area contributed by atoms with Crippen molar-refractivity contribution in [1.29, 1.82) is 0 Å². The number of nitrogens with zero attached hydrogens (tertiary/aromatic N) is 1. The Bertz CT molecular complexity index is 416. The van der Waals surface area contributed by atoms with E-state index < -0.39 is 0 Å². The highest BCUT2D eigenvalue weighted by Gasteiger charge is 2.19. The van der Waals surface area contributed by atoms with E-state index in [4.69, 9.17) is 23.2 Å². The van der Waals surface area contributed by atoms with E-state index in [0.717, 1.165) is 11.3 Å². The smallest absolute Gasteiger partial charge is 0.0427 e. The molecule has 0 heterocycles. The molecule has 1 aromatic carbocycles. The Balaban J connectivity index is 2.14. The van der Waals surface area contributed by atoms with Crippen LogP contribution in [0.5, 0.6) is 0 Å². The fourth-order valence-corrected chi connectivity index (χ4v) is 3.14. The summed E-state index contributed by atoms with van der Waals surface area (Å²) in [4.78, 5) is 2.28. The average Bonchev–Trinajstić information content (AvgIpc) is 2.37. The molecule has 3 heteroatoms. The molecule has 0 saturated heterocycles. The van der Waals surface area contributed by atoms with Gasteiger partial charge in [-0.05, 0) is 31.0 Å². The monoisotopic (exact) mass is 283 g/mol. The molecule has 1 saturated carbocycles. The van der Waals surface area contributed by atoms with Crippen LogP contribution in [0.3, 0.4) is 0 Å². The SMILES string of the molecule is C=C(c1cc(Cl)cc(Cl)c1)N(C)C1CCCCC1. The molecule has 1 aromatic rings. The summed E-state index contributed by atoms with van der Waals surface area (Å²) in [5.41, 5.74) is 2.02. The molecular weight excluding hydrogens is 265 g/mol. The Morgan fingerprint density at radius 3 is 2.22 bits per heavy atom. The van der Waals surface area contributed by atoms with Crippen molar-refractivity contribution in [3.63, 3.8) is 0 Å². The van der Waals surface area contributed by atoms with Crippen LogP contribution in [0.15, 0.2) is 24.8 Å². The number of benzene rings is 1. The van der Waals surface area contributed by atoms with Crippen molar-refractivity contribution >= 4 is 28.9 Å². The van der Waals surface area contributed by atoms with Crippen LogP contribution in [0.4, 0.5) is 0 Å². The van der Waals surface area contributed by atoms with E-state index >= 15 is 0 Å². The lowest BCUT2D eigenvalue weighted by atomic mass is 9.94. The molecule has 18 heavy (non-hydrogen) atoms. The Labute approximate surface area is 119 Å². The third kappa shape index (κ3) is 3.21. The maximum atomic E-state index is 6.04. The first-order valence-corrected chi connectivity index (χ1v) is 7.22. The Morgan fingerprint density at radius 2 is 1.67 bits per heavy atom. The lowest BCUT2D eigenvalue weighted by Gasteiger charge is -2.34. The van der Waals surface area contributed by atoms with Crippen LogP contribution in [-0.4, -0.2) is 18.0 Å². The van der Waals surface area contributed by atoms with Gasteiger partial charge in [-0.1, -0.05) is 49.0 Å². The van der Waals surface area contributed by atoms with Gasteiger partial charge in [0.25, 0.3) is 0 Å². The second kappa shape index (κ2) is 5.99. The molecule has 0 unspecified atom stereocenters. The van der Waals surface area contributed by atoms with Gasteiger partial charge in [-0.25, -0.2) is 0 Å². The molecule has 1 aliphatic rings. The molecule has 0 aromatic heterocycles. The van der Waals surface area contributed by atoms with Crippen LogP contribution >= 0.6 is 23.2 Å². The zero-order valence-electron chi connectivity index (χ0n) is 10.8. The molecule has 98 valence electrons. The summed E-state index contributed by atoms with van der Waals surface area (Å²) >= 11 is 12.1. The van der Waals surface area contributed by atoms with Crippen molar-refractivity contribution in [2.45, 2.75) is 38.1 Å². The fourth-order valence-electron chi connectivity index (χ4n) is 2.61. The van der Waals surface area contributed by atoms with Gasteiger partial charge < -0.3 is 4.90 Å². The lowest BCUT2D eigenvalue weighted by molar-refractivity contribution is 0.267. The molecule has 0 N–H and O–H groups in total. The van der Waals surface area contributed by atoms with E-state index in [0.29, 0.717) is 16.1 Å². The number of rotatable bonds is 3. The molecule has 1 nitrogen and oxygen atoms in total. The minimum Gasteiger partial charge on any atom is -0.372 e. The maximum Gasteiger partial charge on any atom is 0.0427 e. The third-order valence-electron chi connectivity index (χ3n) is 3.74. The van der Waals surface area contributed by atoms with Crippen LogP contribution in [0.2, 0.25) is 10.0 Å². The van der Waals surface area contributed by atoms with Gasteiger partial charge in [-0.3, -0.25) is 0 Å². The molecule has 1 aliphatic carbocycles. The van der Waals surface area contributed by atoms with Gasteiger partial charge in [-0.15, -0.1) is 0 Å². The summed E-state index contributed by atoms with van der Waals surface area (Å²) < 4.78 is 0. The zero-order chi connectivity index (χ0) is 13.1. The van der Waals surface area contributed by atoms with Crippen LogP contribution in [0.25, 0.3) is 5.70 Å². The molecular formula is C15H19Cl2N. The minimum absolute atomic E-state index is 0.601. The summed E-state index contributed by atoms with van der Waals surface area (Å²) in [7, 11) is 2.12. The molecule has 0 atom stereocenters. The fraction of sp³-hybridized carbons (Fsp3) is 0.467. The predicted molar refractivity (Wildman–Crippen MR) is 80.1 cm³/mol. The van der Waals surface area contributed by atoms with Gasteiger partial charge in [0.2, 0.25) is 0 Å². The highest BCUT2D eigenvalue weighted by atomic mass is 35.5. The molecule has 0 radical (unpaired) electrons. The summed E-state index contributed by atoms with van der Waals surface area (Å²) in [6.07, 6.45) is 6.50. The highest BCUT2D eigenvalue weighted by Crippen LogP contribution is 2.29. The van der Waals surface area contributed by atoms with Gasteiger partial charge in [0, 0.05) is 34.4 Å². The van der Waals surface area contributed by atoms with Crippen LogP contribution in [-0.2, 0) is 0 Å². The molecule has 0 bridgehead atoms. The van der Waals surface area contributed by atoms with Crippen LogP contribution in [0, 0.1) is 0 Å². The van der Waals surface area contributed by atoms with Crippen LogP contribution in [0.1, 0.15) is 37.7 Å². The quantitative estimate of drug-likeness (QED) is 0.734. The summed E-state index contributed by atoms with van der Waals surface area (Å²) in [6, 6.07) is 6.20. The second-order valence-corrected chi connectivity index (χ2v) is 5.88. The molecule has 1 fully saturated rings. The lowest BCUT2D eigenvalue weighted by Crippen LogP contribution is -2.31. The topological polar surface area (TPSA) is 3.24 Å². The van der Waals surface area contributed by atoms with E-state index in [1.807, 2.05) is 12.1 Å². The number of hydrogen-bond donors (Lipinski definition) is 0. The Morgan fingerprint density at radius 1 is 1.11 bits per heavy atom. The number of halogens is 2. The van der Waals surface area contributed by atoms with Gasteiger partial charge in [-0.2, -0.15) is 0 Å². The van der Waals surface area contributed by atoms with Gasteiger partial charge >= 0.3 is 0 Å². The zero-order valence-corrected chi connectivity index (χ0v) is 12.3. The highest BCUT2D eigenvalue weighted by molar-refractivity contribution is 6.34. The third-order valence-corrected chi connectivity index (χ3v) is 4.18. The van der Waals surface area contributed by atoms with Crippen molar-refractivity contribution in [3.8, 4) is 0 Å². The van der Waals surface area contributed by atoms with E-state index in [1.165, 1.54) is 32.1 Å². The van der Waals surface area contributed by atoms with Crippen molar-refractivity contribution in [2.75, 3.05) is 7.05 Å². The predicted octanol–water partition coefficient (Wildman–Crippen LogP) is 5.23. The Kier molecular flexibility index (Phi) is 4.58. The number of hydrogen-bond acceptors (Lipinski definition) is 1. The first kappa shape index (κ1) is 13.8. The Hall–Kier alpha value is -0.660. The normalized spacial score (nSPS) is 16.6. The summed E-state index contributed by atoms with van der Waals surface area (Å²) in [5.74, 6) is 0. The second-order valence-electron chi connectivity index (χ2n) is 5.01. The summed E-state index contributed by atoms with van der Waals surface area (Å²) in [6.45, 7) is 4.19. The average molecular weight is 284 g/mol.